The quantitative estimate of drug-likeness (QED) is 0.545. The van der Waals surface area contributed by atoms with Crippen LogP contribution in [-0.4, -0.2) is 10.6 Å². The van der Waals surface area contributed by atoms with Gasteiger partial charge in [0.25, 0.3) is 0 Å². The summed E-state index contributed by atoms with van der Waals surface area (Å²) in [7, 11) is 0. The summed E-state index contributed by atoms with van der Waals surface area (Å²) in [6.45, 7) is 4.09. The maximum absolute atomic E-state index is 6.01. The van der Waals surface area contributed by atoms with Crippen molar-refractivity contribution in [3.8, 4) is 17.2 Å². The number of hydrogen-bond acceptors (Lipinski definition) is 3. The summed E-state index contributed by atoms with van der Waals surface area (Å²) in [5, 5.41) is 1.04. The molecule has 0 saturated carbocycles. The molecule has 0 bridgehead atoms. The van der Waals surface area contributed by atoms with Gasteiger partial charge in [0.05, 0.1) is 0 Å². The zero-order chi connectivity index (χ0) is 15.3. The number of pyridine rings is 1. The highest BCUT2D eigenvalue weighted by Crippen LogP contribution is 2.38. The van der Waals surface area contributed by atoms with Gasteiger partial charge in [0.15, 0.2) is 5.76 Å². The fourth-order valence-electron chi connectivity index (χ4n) is 2.65. The summed E-state index contributed by atoms with van der Waals surface area (Å²) >= 11 is 3.39. The van der Waals surface area contributed by atoms with Crippen LogP contribution in [0.3, 0.4) is 0 Å². The van der Waals surface area contributed by atoms with Crippen LogP contribution in [0.2, 0.25) is 0 Å². The molecule has 0 unspecified atom stereocenters. The van der Waals surface area contributed by atoms with E-state index in [1.807, 2.05) is 50.2 Å². The van der Waals surface area contributed by atoms with Crippen LogP contribution >= 0.6 is 15.9 Å². The van der Waals surface area contributed by atoms with Crippen LogP contribution in [0.25, 0.3) is 28.5 Å². The lowest BCUT2D eigenvalue weighted by molar-refractivity contribution is 0.159. The Morgan fingerprint density at radius 1 is 1.14 bits per heavy atom. The molecule has 0 N–H and O–H groups in total. The Kier molecular flexibility index (Phi) is 2.91. The number of ether oxygens (including phenoxy) is 1. The molecule has 0 spiro atoms. The smallest absolute Gasteiger partial charge is 0.153 e. The Morgan fingerprint density at radius 2 is 2.00 bits per heavy atom. The summed E-state index contributed by atoms with van der Waals surface area (Å²) in [6.07, 6.45) is 4.17. The molecular weight excluding hydrogens is 342 g/mol. The molecule has 3 heterocycles. The molecule has 0 aliphatic carbocycles. The Labute approximate surface area is 136 Å². The van der Waals surface area contributed by atoms with Crippen molar-refractivity contribution in [1.29, 1.82) is 0 Å². The van der Waals surface area contributed by atoms with Gasteiger partial charge in [-0.25, -0.2) is 4.98 Å². The van der Waals surface area contributed by atoms with Gasteiger partial charge >= 0.3 is 0 Å². The third kappa shape index (κ3) is 2.24. The molecule has 110 valence electrons. The number of hydrogen-bond donors (Lipinski definition) is 0. The van der Waals surface area contributed by atoms with E-state index in [0.29, 0.717) is 0 Å². The average Bonchev–Trinajstić information content (AvgIpc) is 2.90. The van der Waals surface area contributed by atoms with Gasteiger partial charge in [0, 0.05) is 10.9 Å². The van der Waals surface area contributed by atoms with Gasteiger partial charge in [-0.15, -0.1) is 0 Å². The Balaban J connectivity index is 1.89. The maximum atomic E-state index is 6.01. The number of furan rings is 1. The normalized spacial score (nSPS) is 15.6. The monoisotopic (exact) mass is 355 g/mol. The van der Waals surface area contributed by atoms with E-state index in [2.05, 4.69) is 33.1 Å². The largest absolute Gasteiger partial charge is 0.483 e. The minimum Gasteiger partial charge on any atom is -0.483 e. The van der Waals surface area contributed by atoms with Crippen LogP contribution in [0.4, 0.5) is 0 Å². The highest BCUT2D eigenvalue weighted by Gasteiger charge is 2.23. The van der Waals surface area contributed by atoms with Gasteiger partial charge in [-0.2, -0.15) is 0 Å². The molecule has 1 aliphatic heterocycles. The molecule has 0 fully saturated rings. The predicted molar refractivity (Wildman–Crippen MR) is 90.9 cm³/mol. The zero-order valence-electron chi connectivity index (χ0n) is 12.3. The first kappa shape index (κ1) is 13.6. The Hall–Kier alpha value is -2.07. The third-order valence-electron chi connectivity index (χ3n) is 3.69. The second-order valence-electron chi connectivity index (χ2n) is 5.88. The van der Waals surface area contributed by atoms with Gasteiger partial charge in [0.2, 0.25) is 0 Å². The molecule has 3 aromatic rings. The fraction of sp³-hybridized carbons (Fsp3) is 0.167. The molecule has 0 saturated heterocycles. The van der Waals surface area contributed by atoms with E-state index >= 15 is 0 Å². The second kappa shape index (κ2) is 4.71. The van der Waals surface area contributed by atoms with E-state index in [1.54, 1.807) is 0 Å². The summed E-state index contributed by atoms with van der Waals surface area (Å²) in [5.41, 5.74) is 2.42. The lowest BCUT2D eigenvalue weighted by Crippen LogP contribution is -2.27. The number of rotatable bonds is 1. The molecule has 22 heavy (non-hydrogen) atoms. The molecule has 2 aromatic heterocycles. The van der Waals surface area contributed by atoms with Crippen molar-refractivity contribution in [3.05, 3.63) is 52.6 Å². The van der Waals surface area contributed by atoms with Crippen LogP contribution in [0, 0.1) is 0 Å². The van der Waals surface area contributed by atoms with Crippen LogP contribution < -0.4 is 4.74 Å². The van der Waals surface area contributed by atoms with Crippen molar-refractivity contribution in [2.75, 3.05) is 0 Å². The van der Waals surface area contributed by atoms with Crippen LogP contribution in [0.1, 0.15) is 19.4 Å². The van der Waals surface area contributed by atoms with E-state index in [0.717, 1.165) is 38.3 Å². The zero-order valence-corrected chi connectivity index (χ0v) is 13.8. The van der Waals surface area contributed by atoms with Crippen molar-refractivity contribution in [1.82, 2.24) is 4.98 Å². The lowest BCUT2D eigenvalue weighted by Gasteiger charge is -2.27. The second-order valence-corrected chi connectivity index (χ2v) is 6.70. The van der Waals surface area contributed by atoms with Crippen LogP contribution in [0.5, 0.6) is 5.75 Å². The van der Waals surface area contributed by atoms with E-state index in [4.69, 9.17) is 9.15 Å². The van der Waals surface area contributed by atoms with Crippen molar-refractivity contribution < 1.29 is 9.15 Å². The predicted octanol–water partition coefficient (Wildman–Crippen LogP) is 5.44. The van der Waals surface area contributed by atoms with Gasteiger partial charge in [0.1, 0.15) is 27.2 Å². The first-order valence-electron chi connectivity index (χ1n) is 7.10. The minimum absolute atomic E-state index is 0.279. The maximum Gasteiger partial charge on any atom is 0.153 e. The van der Waals surface area contributed by atoms with Gasteiger partial charge in [-0.3, -0.25) is 0 Å². The van der Waals surface area contributed by atoms with Gasteiger partial charge < -0.3 is 9.15 Å². The molecule has 1 aromatic carbocycles. The number of aromatic nitrogens is 1. The van der Waals surface area contributed by atoms with E-state index in [1.165, 1.54) is 0 Å². The molecule has 0 atom stereocenters. The molecule has 4 rings (SSSR count). The van der Waals surface area contributed by atoms with E-state index in [-0.39, 0.29) is 5.60 Å². The van der Waals surface area contributed by atoms with Gasteiger partial charge in [-0.1, -0.05) is 12.1 Å². The molecule has 4 heteroatoms. The van der Waals surface area contributed by atoms with Crippen molar-refractivity contribution >= 4 is 33.0 Å². The molecular formula is C18H14BrNO2. The van der Waals surface area contributed by atoms with E-state index < -0.39 is 0 Å². The Bertz CT molecular complexity index is 909. The third-order valence-corrected chi connectivity index (χ3v) is 4.14. The topological polar surface area (TPSA) is 35.3 Å². The van der Waals surface area contributed by atoms with Crippen LogP contribution in [-0.2, 0) is 0 Å². The summed E-state index contributed by atoms with van der Waals surface area (Å²) in [5.74, 6) is 1.64. The summed E-state index contributed by atoms with van der Waals surface area (Å²) in [6, 6.07) is 11.7. The van der Waals surface area contributed by atoms with Crippen molar-refractivity contribution in [2.24, 2.45) is 0 Å². The number of benzene rings is 1. The van der Waals surface area contributed by atoms with E-state index in [9.17, 15) is 0 Å². The summed E-state index contributed by atoms with van der Waals surface area (Å²) in [4.78, 5) is 4.45. The number of fused-ring (bicyclic) bond motifs is 3. The van der Waals surface area contributed by atoms with Crippen molar-refractivity contribution in [3.63, 3.8) is 0 Å². The molecule has 3 nitrogen and oxygen atoms in total. The SMILES string of the molecule is CC1(C)C=Cc2c(ccc3oc(-c4cccc(Br)n4)cc23)O1. The molecule has 1 aliphatic rings. The molecule has 0 amide bonds. The Morgan fingerprint density at radius 3 is 2.82 bits per heavy atom. The highest BCUT2D eigenvalue weighted by molar-refractivity contribution is 9.10. The molecule has 0 radical (unpaired) electrons. The number of nitrogens with zero attached hydrogens (tertiary/aromatic N) is 1. The summed E-state index contributed by atoms with van der Waals surface area (Å²) < 4.78 is 12.8. The lowest BCUT2D eigenvalue weighted by atomic mass is 10.00. The first-order chi connectivity index (χ1) is 10.5. The number of halogens is 1. The first-order valence-corrected chi connectivity index (χ1v) is 7.89. The minimum atomic E-state index is -0.279. The van der Waals surface area contributed by atoms with Gasteiger partial charge in [-0.05, 0) is 66.2 Å². The highest BCUT2D eigenvalue weighted by atomic mass is 79.9. The standard InChI is InChI=1S/C18H14BrNO2/c1-18(2)9-8-11-12-10-16(13-4-3-5-17(19)20-13)21-14(12)6-7-15(11)22-18/h3-10H,1-2H3. The van der Waals surface area contributed by atoms with Crippen LogP contribution in [0.15, 0.2) is 51.5 Å². The van der Waals surface area contributed by atoms with Crippen molar-refractivity contribution in [2.45, 2.75) is 19.4 Å². The average molecular weight is 356 g/mol. The fourth-order valence-corrected chi connectivity index (χ4v) is 2.99.